The average molecular weight is 702 g/mol. The van der Waals surface area contributed by atoms with E-state index in [2.05, 4.69) is 5.32 Å². The highest BCUT2D eigenvalue weighted by Crippen LogP contribution is 2.33. The quantitative estimate of drug-likeness (QED) is 0.0627. The minimum absolute atomic E-state index is 0.0299. The Bertz CT molecular complexity index is 1020. The summed E-state index contributed by atoms with van der Waals surface area (Å²) in [6, 6.07) is -2.15. The highest BCUT2D eigenvalue weighted by atomic mass is 16.8. The van der Waals surface area contributed by atoms with E-state index >= 15 is 0 Å². The monoisotopic (exact) mass is 701 g/mol. The molecule has 48 heavy (non-hydrogen) atoms. The van der Waals surface area contributed by atoms with Crippen molar-refractivity contribution in [1.29, 1.82) is 0 Å². The van der Waals surface area contributed by atoms with Crippen LogP contribution in [0.3, 0.4) is 0 Å². The average Bonchev–Trinajstić information content (AvgIpc) is 3.07. The van der Waals surface area contributed by atoms with E-state index in [0.29, 0.717) is 6.42 Å². The van der Waals surface area contributed by atoms with Gasteiger partial charge in [-0.15, -0.1) is 0 Å². The smallest absolute Gasteiger partial charge is 0.187 e. The van der Waals surface area contributed by atoms with Gasteiger partial charge in [0.15, 0.2) is 18.9 Å². The SMILES string of the molecule is CCCCOC1OC(CO)C(OC2OC(CO)C(OC3OC(C)C(NC4C=C(CO)C(O)C(O)C4O)C(O)C3O)C(O)C2O)C(O)C1O. The molecule has 3 heterocycles. The Morgan fingerprint density at radius 2 is 1.19 bits per heavy atom. The second kappa shape index (κ2) is 17.5. The molecule has 19 unspecified atom stereocenters. The predicted octanol–water partition coefficient (Wildman–Crippen LogP) is -6.74. The maximum atomic E-state index is 11.0. The van der Waals surface area contributed by atoms with Gasteiger partial charge in [0.1, 0.15) is 79.4 Å². The summed E-state index contributed by atoms with van der Waals surface area (Å²) >= 11 is 0. The van der Waals surface area contributed by atoms with Gasteiger partial charge in [-0.1, -0.05) is 19.4 Å². The molecule has 19 atom stereocenters. The van der Waals surface area contributed by atoms with Gasteiger partial charge < -0.3 is 95.0 Å². The van der Waals surface area contributed by atoms with Crippen molar-refractivity contribution in [3.05, 3.63) is 11.6 Å². The molecule has 1 aliphatic carbocycles. The number of hydrogen-bond donors (Lipinski definition) is 13. The molecule has 0 bridgehead atoms. The summed E-state index contributed by atoms with van der Waals surface area (Å²) in [7, 11) is 0. The Balaban J connectivity index is 1.40. The third-order valence-corrected chi connectivity index (χ3v) is 9.24. The summed E-state index contributed by atoms with van der Waals surface area (Å²) < 4.78 is 33.8. The lowest BCUT2D eigenvalue weighted by Crippen LogP contribution is -2.68. The zero-order chi connectivity index (χ0) is 35.4. The standard InChI is InChI=1S/C29H51NO18/c1-3-4-5-43-27-23(41)20(38)25(13(8-32)45-27)48-29-24(42)21(39)26(14(9-33)46-29)47-28-22(40)18(36)15(10(2)44-28)30-12-6-11(7-31)16(34)19(37)17(12)35/h6,10,12-42H,3-5,7-9H2,1-2H3. The minimum atomic E-state index is -1.90. The van der Waals surface area contributed by atoms with Crippen LogP contribution in [0.4, 0.5) is 0 Å². The summed E-state index contributed by atoms with van der Waals surface area (Å²) in [6.07, 6.45) is -23.8. The summed E-state index contributed by atoms with van der Waals surface area (Å²) in [4.78, 5) is 0. The van der Waals surface area contributed by atoms with Crippen molar-refractivity contribution < 1.29 is 89.7 Å². The van der Waals surface area contributed by atoms with Gasteiger partial charge in [-0.05, 0) is 18.9 Å². The van der Waals surface area contributed by atoms with Crippen LogP contribution in [-0.2, 0) is 28.4 Å². The van der Waals surface area contributed by atoms with Crippen molar-refractivity contribution in [1.82, 2.24) is 5.32 Å². The third kappa shape index (κ3) is 8.37. The predicted molar refractivity (Wildman–Crippen MR) is 156 cm³/mol. The molecule has 3 fully saturated rings. The topological polar surface area (TPSA) is 310 Å². The zero-order valence-corrected chi connectivity index (χ0v) is 26.6. The number of unbranched alkanes of at least 4 members (excludes halogenated alkanes) is 1. The molecule has 0 saturated carbocycles. The minimum Gasteiger partial charge on any atom is -0.394 e. The fourth-order valence-electron chi connectivity index (χ4n) is 6.28. The van der Waals surface area contributed by atoms with E-state index in [0.717, 1.165) is 6.42 Å². The molecule has 19 nitrogen and oxygen atoms in total. The Morgan fingerprint density at radius 1 is 0.667 bits per heavy atom. The van der Waals surface area contributed by atoms with Crippen LogP contribution >= 0.6 is 0 Å². The Hall–Kier alpha value is -1.02. The van der Waals surface area contributed by atoms with E-state index in [4.69, 9.17) is 28.4 Å². The van der Waals surface area contributed by atoms with Crippen LogP contribution in [0.5, 0.6) is 0 Å². The number of hydrogen-bond acceptors (Lipinski definition) is 19. The molecule has 4 aliphatic rings. The van der Waals surface area contributed by atoms with Crippen LogP contribution in [0.2, 0.25) is 0 Å². The first-order valence-electron chi connectivity index (χ1n) is 16.1. The number of aliphatic hydroxyl groups excluding tert-OH is 12. The van der Waals surface area contributed by atoms with Gasteiger partial charge in [0.05, 0.1) is 38.0 Å². The van der Waals surface area contributed by atoms with Crippen molar-refractivity contribution in [3.63, 3.8) is 0 Å². The number of aliphatic hydroxyl groups is 12. The van der Waals surface area contributed by atoms with Crippen molar-refractivity contribution in [2.45, 2.75) is 143 Å². The largest absolute Gasteiger partial charge is 0.394 e. The van der Waals surface area contributed by atoms with Crippen molar-refractivity contribution in [2.75, 3.05) is 26.4 Å². The van der Waals surface area contributed by atoms with Gasteiger partial charge in [-0.2, -0.15) is 0 Å². The molecule has 0 aromatic rings. The molecule has 3 aliphatic heterocycles. The van der Waals surface area contributed by atoms with E-state index in [9.17, 15) is 61.3 Å². The molecule has 13 N–H and O–H groups in total. The third-order valence-electron chi connectivity index (χ3n) is 9.24. The van der Waals surface area contributed by atoms with Crippen LogP contribution < -0.4 is 5.32 Å². The fraction of sp³-hybridized carbons (Fsp3) is 0.931. The van der Waals surface area contributed by atoms with E-state index < -0.39 is 136 Å². The second-order valence-electron chi connectivity index (χ2n) is 12.6. The van der Waals surface area contributed by atoms with Crippen molar-refractivity contribution in [2.24, 2.45) is 0 Å². The molecular formula is C29H51NO18. The van der Waals surface area contributed by atoms with Gasteiger partial charge in [-0.25, -0.2) is 0 Å². The molecule has 280 valence electrons. The summed E-state index contributed by atoms with van der Waals surface area (Å²) in [5.74, 6) is 0. The zero-order valence-electron chi connectivity index (χ0n) is 26.6. The van der Waals surface area contributed by atoms with Gasteiger partial charge in [0.2, 0.25) is 0 Å². The van der Waals surface area contributed by atoms with E-state index in [1.807, 2.05) is 6.92 Å². The Kier molecular flexibility index (Phi) is 14.5. The maximum Gasteiger partial charge on any atom is 0.187 e. The fourth-order valence-corrected chi connectivity index (χ4v) is 6.28. The second-order valence-corrected chi connectivity index (χ2v) is 12.6. The first-order valence-corrected chi connectivity index (χ1v) is 16.1. The van der Waals surface area contributed by atoms with Crippen LogP contribution in [0.15, 0.2) is 11.6 Å². The molecule has 3 saturated heterocycles. The molecule has 0 amide bonds. The number of ether oxygens (including phenoxy) is 6. The van der Waals surface area contributed by atoms with Crippen LogP contribution in [0.1, 0.15) is 26.7 Å². The first-order chi connectivity index (χ1) is 22.8. The lowest BCUT2D eigenvalue weighted by Gasteiger charge is -2.49. The van der Waals surface area contributed by atoms with Crippen molar-refractivity contribution >= 4 is 0 Å². The van der Waals surface area contributed by atoms with Crippen LogP contribution in [-0.4, -0.2) is 204 Å². The van der Waals surface area contributed by atoms with Gasteiger partial charge >= 0.3 is 0 Å². The first kappa shape index (κ1) is 39.8. The normalized spacial score (nSPS) is 48.7. The van der Waals surface area contributed by atoms with Crippen molar-refractivity contribution in [3.8, 4) is 0 Å². The van der Waals surface area contributed by atoms with Gasteiger partial charge in [-0.3, -0.25) is 0 Å². The summed E-state index contributed by atoms with van der Waals surface area (Å²) in [6.45, 7) is 1.53. The summed E-state index contributed by atoms with van der Waals surface area (Å²) in [5.41, 5.74) is 0.0299. The van der Waals surface area contributed by atoms with Crippen LogP contribution in [0.25, 0.3) is 0 Å². The van der Waals surface area contributed by atoms with E-state index in [1.165, 1.54) is 13.0 Å². The Labute approximate surface area is 276 Å². The number of rotatable bonds is 13. The van der Waals surface area contributed by atoms with Gasteiger partial charge in [0, 0.05) is 6.61 Å². The molecule has 0 radical (unpaired) electrons. The highest BCUT2D eigenvalue weighted by molar-refractivity contribution is 5.22. The van der Waals surface area contributed by atoms with E-state index in [-0.39, 0.29) is 12.2 Å². The molecule has 4 rings (SSSR count). The molecule has 19 heteroatoms. The molecular weight excluding hydrogens is 650 g/mol. The molecule has 0 aromatic carbocycles. The molecule has 0 aromatic heterocycles. The maximum absolute atomic E-state index is 11.0. The Morgan fingerprint density at radius 3 is 1.73 bits per heavy atom. The van der Waals surface area contributed by atoms with Crippen LogP contribution in [0, 0.1) is 0 Å². The van der Waals surface area contributed by atoms with E-state index in [1.54, 1.807) is 0 Å². The highest BCUT2D eigenvalue weighted by Gasteiger charge is 2.53. The lowest BCUT2D eigenvalue weighted by atomic mass is 9.86. The lowest BCUT2D eigenvalue weighted by molar-refractivity contribution is -0.376. The molecule has 0 spiro atoms. The number of nitrogens with one attached hydrogen (secondary N) is 1. The summed E-state index contributed by atoms with van der Waals surface area (Å²) in [5, 5.41) is 128. The van der Waals surface area contributed by atoms with Gasteiger partial charge in [0.25, 0.3) is 0 Å².